The number of nitrogens with two attached hydrogens (primary N) is 1. The number of rotatable bonds is 3. The molecule has 1 aromatic heterocycles. The maximum atomic E-state index is 5.66. The average Bonchev–Trinajstić information content (AvgIpc) is 3.00. The van der Waals surface area contributed by atoms with Gasteiger partial charge in [0.05, 0.1) is 17.9 Å². The van der Waals surface area contributed by atoms with Crippen LogP contribution in [-0.2, 0) is 0 Å². The Morgan fingerprint density at radius 3 is 2.56 bits per heavy atom. The van der Waals surface area contributed by atoms with Crippen molar-refractivity contribution < 1.29 is 9.26 Å². The lowest BCUT2D eigenvalue weighted by atomic mass is 10.1. The van der Waals surface area contributed by atoms with Crippen LogP contribution < -0.4 is 10.5 Å². The van der Waals surface area contributed by atoms with E-state index in [1.54, 1.807) is 6.20 Å². The van der Waals surface area contributed by atoms with E-state index in [-0.39, 0.29) is 0 Å². The summed E-state index contributed by atoms with van der Waals surface area (Å²) in [5, 5.41) is 3.65. The van der Waals surface area contributed by atoms with E-state index < -0.39 is 0 Å². The van der Waals surface area contributed by atoms with Crippen molar-refractivity contribution in [2.45, 2.75) is 18.9 Å². The number of hydrogen-bond donors (Lipinski definition) is 1. The fourth-order valence-electron chi connectivity index (χ4n) is 1.56. The van der Waals surface area contributed by atoms with E-state index in [9.17, 15) is 0 Å². The largest absolute Gasteiger partial charge is 0.490 e. The zero-order valence-corrected chi connectivity index (χ0v) is 8.72. The van der Waals surface area contributed by atoms with Gasteiger partial charge >= 0.3 is 0 Å². The molecule has 1 saturated carbocycles. The van der Waals surface area contributed by atoms with Gasteiger partial charge in [0.15, 0.2) is 0 Å². The third kappa shape index (κ3) is 1.74. The third-order valence-corrected chi connectivity index (χ3v) is 2.59. The van der Waals surface area contributed by atoms with Gasteiger partial charge in [-0.2, -0.15) is 0 Å². The van der Waals surface area contributed by atoms with Crippen LogP contribution in [0.25, 0.3) is 11.1 Å². The molecule has 2 N–H and O–H groups in total. The van der Waals surface area contributed by atoms with Crippen molar-refractivity contribution in [2.75, 3.05) is 5.73 Å². The Morgan fingerprint density at radius 1 is 1.25 bits per heavy atom. The molecule has 16 heavy (non-hydrogen) atoms. The molecule has 1 aromatic carbocycles. The van der Waals surface area contributed by atoms with Gasteiger partial charge in [-0.05, 0) is 30.5 Å². The fraction of sp³-hybridized carbons (Fsp3) is 0.250. The van der Waals surface area contributed by atoms with Crippen molar-refractivity contribution in [3.05, 3.63) is 30.5 Å². The molecule has 0 radical (unpaired) electrons. The second kappa shape index (κ2) is 3.56. The second-order valence-corrected chi connectivity index (χ2v) is 3.95. The van der Waals surface area contributed by atoms with E-state index in [0.29, 0.717) is 12.0 Å². The summed E-state index contributed by atoms with van der Waals surface area (Å²) in [6.07, 6.45) is 4.37. The Morgan fingerprint density at radius 2 is 2.00 bits per heavy atom. The predicted octanol–water partition coefficient (Wildman–Crippen LogP) is 2.47. The zero-order valence-electron chi connectivity index (χ0n) is 8.72. The molecule has 1 heterocycles. The molecule has 3 rings (SSSR count). The molecular weight excluding hydrogens is 204 g/mol. The maximum absolute atomic E-state index is 5.66. The zero-order chi connectivity index (χ0) is 11.0. The van der Waals surface area contributed by atoms with E-state index in [2.05, 4.69) is 5.16 Å². The number of nitrogens with zero attached hydrogens (tertiary/aromatic N) is 1. The second-order valence-electron chi connectivity index (χ2n) is 3.95. The highest BCUT2D eigenvalue weighted by Crippen LogP contribution is 2.30. The summed E-state index contributed by atoms with van der Waals surface area (Å²) in [6, 6.07) is 7.81. The van der Waals surface area contributed by atoms with Crippen molar-refractivity contribution in [3.8, 4) is 16.9 Å². The summed E-state index contributed by atoms with van der Waals surface area (Å²) in [5.41, 5.74) is 7.45. The van der Waals surface area contributed by atoms with Crippen molar-refractivity contribution in [3.63, 3.8) is 0 Å². The summed E-state index contributed by atoms with van der Waals surface area (Å²) in [5.74, 6) is 1.25. The van der Waals surface area contributed by atoms with Crippen LogP contribution in [0.2, 0.25) is 0 Å². The molecule has 0 atom stereocenters. The van der Waals surface area contributed by atoms with Crippen LogP contribution in [0.3, 0.4) is 0 Å². The van der Waals surface area contributed by atoms with Crippen molar-refractivity contribution in [1.82, 2.24) is 5.16 Å². The molecule has 1 aliphatic carbocycles. The molecule has 0 amide bonds. The molecule has 0 unspecified atom stereocenters. The van der Waals surface area contributed by atoms with Gasteiger partial charge in [-0.25, -0.2) is 0 Å². The van der Waals surface area contributed by atoms with Crippen LogP contribution in [0.5, 0.6) is 5.75 Å². The Labute approximate surface area is 93.0 Å². The van der Waals surface area contributed by atoms with Gasteiger partial charge in [-0.1, -0.05) is 17.3 Å². The van der Waals surface area contributed by atoms with Gasteiger partial charge in [0.2, 0.25) is 5.88 Å². The first-order valence-electron chi connectivity index (χ1n) is 5.30. The highest BCUT2D eigenvalue weighted by Gasteiger charge is 2.23. The average molecular weight is 216 g/mol. The molecular formula is C12H12N2O2. The highest BCUT2D eigenvalue weighted by molar-refractivity contribution is 5.72. The quantitative estimate of drug-likeness (QED) is 0.856. The molecule has 82 valence electrons. The maximum Gasteiger partial charge on any atom is 0.229 e. The molecule has 4 heteroatoms. The summed E-state index contributed by atoms with van der Waals surface area (Å²) in [6.45, 7) is 0. The highest BCUT2D eigenvalue weighted by atomic mass is 16.5. The fourth-order valence-corrected chi connectivity index (χ4v) is 1.56. The number of benzene rings is 1. The number of ether oxygens (including phenoxy) is 1. The van der Waals surface area contributed by atoms with Gasteiger partial charge in [0.25, 0.3) is 0 Å². The lowest BCUT2D eigenvalue weighted by Crippen LogP contribution is -1.95. The van der Waals surface area contributed by atoms with Gasteiger partial charge in [0.1, 0.15) is 5.75 Å². The molecule has 4 nitrogen and oxygen atoms in total. The first kappa shape index (κ1) is 9.27. The SMILES string of the molecule is Nc1oncc1-c1ccc(OC2CC2)cc1. The summed E-state index contributed by atoms with van der Waals surface area (Å²) in [7, 11) is 0. The number of aromatic nitrogens is 1. The minimum Gasteiger partial charge on any atom is -0.490 e. The van der Waals surface area contributed by atoms with Crippen LogP contribution in [0, 0.1) is 0 Å². The minimum absolute atomic E-state index is 0.343. The summed E-state index contributed by atoms with van der Waals surface area (Å²) in [4.78, 5) is 0. The minimum atomic E-state index is 0.343. The van der Waals surface area contributed by atoms with Crippen LogP contribution in [0.4, 0.5) is 5.88 Å². The molecule has 1 fully saturated rings. The van der Waals surface area contributed by atoms with Crippen molar-refractivity contribution >= 4 is 5.88 Å². The third-order valence-electron chi connectivity index (χ3n) is 2.59. The van der Waals surface area contributed by atoms with Gasteiger partial charge in [0, 0.05) is 0 Å². The van der Waals surface area contributed by atoms with Crippen LogP contribution in [-0.4, -0.2) is 11.3 Å². The smallest absolute Gasteiger partial charge is 0.229 e. The molecule has 0 aliphatic heterocycles. The molecule has 2 aromatic rings. The lowest BCUT2D eigenvalue weighted by molar-refractivity contribution is 0.303. The van der Waals surface area contributed by atoms with Gasteiger partial charge in [-0.15, -0.1) is 0 Å². The topological polar surface area (TPSA) is 61.3 Å². The van der Waals surface area contributed by atoms with E-state index in [1.165, 1.54) is 12.8 Å². The number of nitrogen functional groups attached to an aromatic ring is 1. The number of anilines is 1. The van der Waals surface area contributed by atoms with E-state index >= 15 is 0 Å². The Balaban J connectivity index is 1.83. The lowest BCUT2D eigenvalue weighted by Gasteiger charge is -2.04. The van der Waals surface area contributed by atoms with Crippen LogP contribution in [0.15, 0.2) is 35.0 Å². The monoisotopic (exact) mass is 216 g/mol. The van der Waals surface area contributed by atoms with E-state index in [4.69, 9.17) is 15.0 Å². The first-order chi connectivity index (χ1) is 7.83. The summed E-state index contributed by atoms with van der Waals surface area (Å²) >= 11 is 0. The molecule has 1 aliphatic rings. The van der Waals surface area contributed by atoms with E-state index in [1.807, 2.05) is 24.3 Å². The Hall–Kier alpha value is -1.97. The standard InChI is InChI=1S/C12H12N2O2/c13-12-11(7-14-16-12)8-1-3-9(4-2-8)15-10-5-6-10/h1-4,7,10H,5-6,13H2. The predicted molar refractivity (Wildman–Crippen MR) is 60.0 cm³/mol. The molecule has 0 spiro atoms. The normalized spacial score (nSPS) is 15.0. The number of hydrogen-bond acceptors (Lipinski definition) is 4. The first-order valence-corrected chi connectivity index (χ1v) is 5.30. The Bertz CT molecular complexity index is 486. The van der Waals surface area contributed by atoms with Crippen molar-refractivity contribution in [1.29, 1.82) is 0 Å². The van der Waals surface area contributed by atoms with Crippen molar-refractivity contribution in [2.24, 2.45) is 0 Å². The van der Waals surface area contributed by atoms with Crippen LogP contribution >= 0.6 is 0 Å². The molecule has 0 saturated heterocycles. The summed E-state index contributed by atoms with van der Waals surface area (Å²) < 4.78 is 10.5. The van der Waals surface area contributed by atoms with Gasteiger partial charge in [-0.3, -0.25) is 0 Å². The van der Waals surface area contributed by atoms with Crippen LogP contribution in [0.1, 0.15) is 12.8 Å². The molecule has 0 bridgehead atoms. The Kier molecular flexibility index (Phi) is 2.06. The van der Waals surface area contributed by atoms with Gasteiger partial charge < -0.3 is 15.0 Å². The van der Waals surface area contributed by atoms with E-state index in [0.717, 1.165) is 16.9 Å².